The van der Waals surface area contributed by atoms with E-state index in [4.69, 9.17) is 15.0 Å². The number of rotatable bonds is 5. The first-order chi connectivity index (χ1) is 30.7. The molecular weight excluding hydrogens is 771 g/mol. The van der Waals surface area contributed by atoms with Gasteiger partial charge < -0.3 is 0 Å². The lowest BCUT2D eigenvalue weighted by Gasteiger charge is -2.30. The fourth-order valence-corrected chi connectivity index (χ4v) is 11.5. The molecule has 3 nitrogen and oxygen atoms in total. The van der Waals surface area contributed by atoms with Gasteiger partial charge in [0.2, 0.25) is 0 Å². The first-order valence-corrected chi connectivity index (χ1v) is 21.9. The third-order valence-electron chi connectivity index (χ3n) is 13.0. The Labute approximate surface area is 363 Å². The zero-order valence-corrected chi connectivity index (χ0v) is 34.3. The highest BCUT2D eigenvalue weighted by Gasteiger charge is 2.51. The Kier molecular flexibility index (Phi) is 7.69. The number of thiophene rings is 1. The van der Waals surface area contributed by atoms with Gasteiger partial charge in [-0.1, -0.05) is 194 Å². The number of aromatic nitrogens is 3. The van der Waals surface area contributed by atoms with Gasteiger partial charge in [-0.15, -0.1) is 11.3 Å². The molecule has 62 heavy (non-hydrogen) atoms. The molecule has 11 aromatic rings. The van der Waals surface area contributed by atoms with Crippen LogP contribution in [-0.4, -0.2) is 15.0 Å². The molecule has 0 aliphatic heterocycles. The molecule has 1 spiro atoms. The Morgan fingerprint density at radius 1 is 0.306 bits per heavy atom. The molecule has 288 valence electrons. The number of hydrogen-bond acceptors (Lipinski definition) is 4. The average molecular weight is 806 g/mol. The maximum Gasteiger partial charge on any atom is 0.164 e. The molecule has 9 aromatic carbocycles. The van der Waals surface area contributed by atoms with Gasteiger partial charge in [0.25, 0.3) is 0 Å². The summed E-state index contributed by atoms with van der Waals surface area (Å²) in [6.45, 7) is 0. The highest BCUT2D eigenvalue weighted by atomic mass is 32.1. The van der Waals surface area contributed by atoms with E-state index in [0.29, 0.717) is 17.5 Å². The molecule has 0 saturated carbocycles. The van der Waals surface area contributed by atoms with Crippen LogP contribution in [0.5, 0.6) is 0 Å². The van der Waals surface area contributed by atoms with Crippen molar-refractivity contribution in [2.75, 3.05) is 0 Å². The molecule has 2 heterocycles. The lowest BCUT2D eigenvalue weighted by atomic mass is 9.70. The van der Waals surface area contributed by atoms with Gasteiger partial charge in [0.1, 0.15) is 0 Å². The third-order valence-corrected chi connectivity index (χ3v) is 14.1. The third kappa shape index (κ3) is 5.08. The van der Waals surface area contributed by atoms with Gasteiger partial charge >= 0.3 is 0 Å². The van der Waals surface area contributed by atoms with Crippen LogP contribution < -0.4 is 0 Å². The second-order valence-corrected chi connectivity index (χ2v) is 17.3. The number of hydrogen-bond donors (Lipinski definition) is 0. The van der Waals surface area contributed by atoms with E-state index in [1.54, 1.807) is 0 Å². The van der Waals surface area contributed by atoms with Crippen LogP contribution in [-0.2, 0) is 5.41 Å². The van der Waals surface area contributed by atoms with E-state index in [1.807, 2.05) is 29.5 Å². The Balaban J connectivity index is 0.935. The fraction of sp³-hybridized carbons (Fsp3) is 0.0172. The summed E-state index contributed by atoms with van der Waals surface area (Å²) in [7, 11) is 0. The molecule has 0 unspecified atom stereocenters. The van der Waals surface area contributed by atoms with E-state index < -0.39 is 0 Å². The summed E-state index contributed by atoms with van der Waals surface area (Å²) in [5, 5.41) is 2.57. The minimum atomic E-state index is -0.383. The molecular formula is C58H35N3S. The van der Waals surface area contributed by atoms with Crippen LogP contribution in [0.1, 0.15) is 22.3 Å². The van der Waals surface area contributed by atoms with Crippen molar-refractivity contribution >= 4 is 31.5 Å². The highest BCUT2D eigenvalue weighted by Crippen LogP contribution is 2.64. The smallest absolute Gasteiger partial charge is 0.164 e. The monoisotopic (exact) mass is 805 g/mol. The zero-order valence-electron chi connectivity index (χ0n) is 33.5. The number of benzene rings is 9. The molecule has 4 heteroatoms. The van der Waals surface area contributed by atoms with Gasteiger partial charge in [-0.3, -0.25) is 0 Å². The molecule has 0 amide bonds. The lowest BCUT2D eigenvalue weighted by Crippen LogP contribution is -2.25. The van der Waals surface area contributed by atoms with Gasteiger partial charge in [0.05, 0.1) is 5.41 Å². The van der Waals surface area contributed by atoms with Crippen LogP contribution in [0, 0.1) is 0 Å². The van der Waals surface area contributed by atoms with E-state index in [1.165, 1.54) is 75.8 Å². The van der Waals surface area contributed by atoms with Gasteiger partial charge in [-0.2, -0.15) is 0 Å². The number of nitrogens with zero attached hydrogens (tertiary/aromatic N) is 3. The summed E-state index contributed by atoms with van der Waals surface area (Å²) in [6.07, 6.45) is 0. The van der Waals surface area contributed by atoms with E-state index in [-0.39, 0.29) is 5.41 Å². The van der Waals surface area contributed by atoms with Gasteiger partial charge in [-0.05, 0) is 85.0 Å². The normalized spacial score (nSPS) is 13.0. The van der Waals surface area contributed by atoms with E-state index in [2.05, 4.69) is 194 Å². The van der Waals surface area contributed by atoms with Crippen LogP contribution in [0.3, 0.4) is 0 Å². The maximum absolute atomic E-state index is 5.20. The molecule has 0 atom stereocenters. The molecule has 0 fully saturated rings. The predicted octanol–water partition coefficient (Wildman–Crippen LogP) is 14.9. The predicted molar refractivity (Wildman–Crippen MR) is 256 cm³/mol. The van der Waals surface area contributed by atoms with Crippen LogP contribution >= 0.6 is 11.3 Å². The number of fused-ring (bicyclic) bond motifs is 13. The second-order valence-electron chi connectivity index (χ2n) is 16.2. The Morgan fingerprint density at radius 3 is 1.52 bits per heavy atom. The molecule has 0 saturated heterocycles. The molecule has 2 aromatic heterocycles. The molecule has 2 aliphatic carbocycles. The van der Waals surface area contributed by atoms with Gasteiger partial charge in [-0.25, -0.2) is 15.0 Å². The summed E-state index contributed by atoms with van der Waals surface area (Å²) < 4.78 is 2.58. The lowest BCUT2D eigenvalue weighted by molar-refractivity contribution is 0.794. The summed E-state index contributed by atoms with van der Waals surface area (Å²) in [6, 6.07) is 76.7. The molecule has 13 rings (SSSR count). The van der Waals surface area contributed by atoms with Crippen molar-refractivity contribution in [1.82, 2.24) is 15.0 Å². The summed E-state index contributed by atoms with van der Waals surface area (Å²) in [5.41, 5.74) is 17.7. The SMILES string of the molecule is c1ccc(-c2nc(-c3ccc(-c4cccc5c4-c4ccccc4C54c5ccccc5-c5ccccc54)cc3)nc(-c3cccc(-c4cccc5sc6ccccc6c45)c3)n2)cc1. The first kappa shape index (κ1) is 35.0. The second kappa shape index (κ2) is 13.6. The van der Waals surface area contributed by atoms with E-state index in [9.17, 15) is 0 Å². The van der Waals surface area contributed by atoms with Crippen molar-refractivity contribution < 1.29 is 0 Å². The summed E-state index contributed by atoms with van der Waals surface area (Å²) in [4.78, 5) is 15.4. The average Bonchev–Trinajstić information content (AvgIpc) is 3.99. The molecule has 0 bridgehead atoms. The molecule has 0 radical (unpaired) electrons. The van der Waals surface area contributed by atoms with Crippen molar-refractivity contribution in [3.05, 3.63) is 235 Å². The Hall–Kier alpha value is -7.79. The minimum absolute atomic E-state index is 0.383. The Bertz CT molecular complexity index is 3540. The van der Waals surface area contributed by atoms with Gasteiger partial charge in [0, 0.05) is 36.9 Å². The quantitative estimate of drug-likeness (QED) is 0.174. The van der Waals surface area contributed by atoms with Crippen LogP contribution in [0.4, 0.5) is 0 Å². The molecule has 2 aliphatic rings. The van der Waals surface area contributed by atoms with Crippen molar-refractivity contribution in [2.24, 2.45) is 0 Å². The van der Waals surface area contributed by atoms with Gasteiger partial charge in [0.15, 0.2) is 17.5 Å². The van der Waals surface area contributed by atoms with Crippen molar-refractivity contribution in [1.29, 1.82) is 0 Å². The van der Waals surface area contributed by atoms with Crippen molar-refractivity contribution in [3.8, 4) is 78.7 Å². The summed E-state index contributed by atoms with van der Waals surface area (Å²) in [5.74, 6) is 1.92. The van der Waals surface area contributed by atoms with Crippen LogP contribution in [0.2, 0.25) is 0 Å². The minimum Gasteiger partial charge on any atom is -0.208 e. The van der Waals surface area contributed by atoms with E-state index >= 15 is 0 Å². The van der Waals surface area contributed by atoms with Crippen LogP contribution in [0.15, 0.2) is 212 Å². The van der Waals surface area contributed by atoms with E-state index in [0.717, 1.165) is 27.8 Å². The fourth-order valence-electron chi connectivity index (χ4n) is 10.4. The van der Waals surface area contributed by atoms with Crippen LogP contribution in [0.25, 0.3) is 98.8 Å². The largest absolute Gasteiger partial charge is 0.208 e. The Morgan fingerprint density at radius 2 is 0.774 bits per heavy atom. The summed E-state index contributed by atoms with van der Waals surface area (Å²) >= 11 is 1.84. The maximum atomic E-state index is 5.20. The van der Waals surface area contributed by atoms with Crippen molar-refractivity contribution in [3.63, 3.8) is 0 Å². The highest BCUT2D eigenvalue weighted by molar-refractivity contribution is 7.25. The first-order valence-electron chi connectivity index (χ1n) is 21.1. The zero-order chi connectivity index (χ0) is 40.8. The standard InChI is InChI=1S/C58H35N3S/c1-2-15-37(16-3-1)55-59-56(61-57(60-55)40-18-12-17-39(35-40)42-24-14-30-52-54(42)46-22-7-11-29-51(46)62-52)38-33-31-36(32-34-38)41-23-13-28-50-53(41)45-21-6-10-27-49(45)58(50)47-25-8-4-19-43(47)44-20-5-9-26-48(44)58/h1-35H. The topological polar surface area (TPSA) is 38.7 Å². The van der Waals surface area contributed by atoms with Crippen molar-refractivity contribution in [2.45, 2.75) is 5.41 Å². The molecule has 0 N–H and O–H groups in total.